The third-order valence-corrected chi connectivity index (χ3v) is 3.08. The molecule has 0 saturated heterocycles. The van der Waals surface area contributed by atoms with Crippen LogP contribution in [0.4, 0.5) is 4.39 Å². The Bertz CT molecular complexity index is 343. The van der Waals surface area contributed by atoms with E-state index in [4.69, 9.17) is 5.11 Å². The summed E-state index contributed by atoms with van der Waals surface area (Å²) in [6, 6.07) is 6.21. The van der Waals surface area contributed by atoms with Gasteiger partial charge in [0, 0.05) is 30.2 Å². The minimum atomic E-state index is -0.254. The summed E-state index contributed by atoms with van der Waals surface area (Å²) in [5, 5.41) is 11.2. The molecule has 0 fully saturated rings. The average Bonchev–Trinajstić information content (AvgIpc) is 2.32. The van der Waals surface area contributed by atoms with Gasteiger partial charge in [-0.3, -0.25) is 4.79 Å². The molecule has 1 aromatic rings. The number of aliphatic hydroxyl groups excluding tert-OH is 1. The number of hydrogen-bond donors (Lipinski definition) is 2. The molecule has 0 aliphatic rings. The Morgan fingerprint density at radius 2 is 2.06 bits per heavy atom. The molecule has 0 aliphatic heterocycles. The molecule has 0 heterocycles. The lowest BCUT2D eigenvalue weighted by atomic mass is 10.3. The maximum atomic E-state index is 12.6. The first-order valence-electron chi connectivity index (χ1n) is 5.48. The van der Waals surface area contributed by atoms with E-state index in [-0.39, 0.29) is 18.3 Å². The van der Waals surface area contributed by atoms with Gasteiger partial charge in [0.05, 0.1) is 0 Å². The van der Waals surface area contributed by atoms with E-state index in [9.17, 15) is 9.18 Å². The van der Waals surface area contributed by atoms with Gasteiger partial charge in [-0.1, -0.05) is 0 Å². The molecule has 0 aliphatic carbocycles. The number of benzene rings is 1. The average molecular weight is 257 g/mol. The molecule has 0 radical (unpaired) electrons. The van der Waals surface area contributed by atoms with Crippen molar-refractivity contribution in [1.82, 2.24) is 5.32 Å². The SMILES string of the molecule is O=C(CCSc1ccc(F)cc1)NCCCO. The number of halogens is 1. The number of carbonyl (C=O) groups excluding carboxylic acids is 1. The predicted molar refractivity (Wildman–Crippen MR) is 66.5 cm³/mol. The summed E-state index contributed by atoms with van der Waals surface area (Å²) in [7, 11) is 0. The number of nitrogens with one attached hydrogen (secondary N) is 1. The summed E-state index contributed by atoms with van der Waals surface area (Å²) in [5.74, 6) is 0.389. The Morgan fingerprint density at radius 1 is 1.35 bits per heavy atom. The molecule has 0 unspecified atom stereocenters. The number of hydrogen-bond acceptors (Lipinski definition) is 3. The van der Waals surface area contributed by atoms with Crippen molar-refractivity contribution in [3.8, 4) is 0 Å². The third-order valence-electron chi connectivity index (χ3n) is 2.07. The molecule has 1 aromatic carbocycles. The Hall–Kier alpha value is -1.07. The lowest BCUT2D eigenvalue weighted by molar-refractivity contribution is -0.120. The second-order valence-corrected chi connectivity index (χ2v) is 4.65. The summed E-state index contributed by atoms with van der Waals surface area (Å²) in [6.45, 7) is 0.598. The predicted octanol–water partition coefficient (Wildman–Crippen LogP) is 1.81. The second kappa shape index (κ2) is 8.08. The van der Waals surface area contributed by atoms with Gasteiger partial charge in [-0.15, -0.1) is 11.8 Å². The van der Waals surface area contributed by atoms with Crippen molar-refractivity contribution < 1.29 is 14.3 Å². The van der Waals surface area contributed by atoms with Crippen LogP contribution in [0.2, 0.25) is 0 Å². The molecule has 94 valence electrons. The topological polar surface area (TPSA) is 49.3 Å². The molecule has 2 N–H and O–H groups in total. The second-order valence-electron chi connectivity index (χ2n) is 3.48. The van der Waals surface area contributed by atoms with Gasteiger partial charge < -0.3 is 10.4 Å². The smallest absolute Gasteiger partial charge is 0.220 e. The number of amides is 1. The van der Waals surface area contributed by atoms with Crippen LogP contribution in [0.25, 0.3) is 0 Å². The molecule has 0 aromatic heterocycles. The molecule has 3 nitrogen and oxygen atoms in total. The molecule has 5 heteroatoms. The number of rotatable bonds is 7. The van der Waals surface area contributed by atoms with E-state index < -0.39 is 0 Å². The molecule has 0 bridgehead atoms. The van der Waals surface area contributed by atoms with Crippen molar-refractivity contribution >= 4 is 17.7 Å². The molecule has 1 amide bonds. The van der Waals surface area contributed by atoms with Crippen LogP contribution in [0.1, 0.15) is 12.8 Å². The highest BCUT2D eigenvalue weighted by molar-refractivity contribution is 7.99. The largest absolute Gasteiger partial charge is 0.396 e. The molecule has 1 rings (SSSR count). The molecule has 0 atom stereocenters. The zero-order valence-electron chi connectivity index (χ0n) is 9.49. The maximum Gasteiger partial charge on any atom is 0.220 e. The van der Waals surface area contributed by atoms with Gasteiger partial charge in [0.25, 0.3) is 0 Å². The molecular weight excluding hydrogens is 241 g/mol. The van der Waals surface area contributed by atoms with E-state index in [2.05, 4.69) is 5.32 Å². The first-order chi connectivity index (χ1) is 8.22. The summed E-state index contributed by atoms with van der Waals surface area (Å²) in [6.07, 6.45) is 1.00. The monoisotopic (exact) mass is 257 g/mol. The van der Waals surface area contributed by atoms with Gasteiger partial charge in [0.2, 0.25) is 5.91 Å². The van der Waals surface area contributed by atoms with E-state index in [1.807, 2.05) is 0 Å². The minimum absolute atomic E-state index is 0.0203. The highest BCUT2D eigenvalue weighted by Crippen LogP contribution is 2.18. The fourth-order valence-electron chi connectivity index (χ4n) is 1.19. The number of thioether (sulfide) groups is 1. The Kier molecular flexibility index (Phi) is 6.65. The number of aliphatic hydroxyl groups is 1. The Morgan fingerprint density at radius 3 is 2.71 bits per heavy atom. The first-order valence-corrected chi connectivity index (χ1v) is 6.47. The van der Waals surface area contributed by atoms with Crippen LogP contribution < -0.4 is 5.32 Å². The van der Waals surface area contributed by atoms with E-state index in [0.717, 1.165) is 4.90 Å². The Labute approximate surface area is 104 Å². The van der Waals surface area contributed by atoms with Crippen LogP contribution in [0.3, 0.4) is 0 Å². The van der Waals surface area contributed by atoms with E-state index >= 15 is 0 Å². The highest BCUT2D eigenvalue weighted by Gasteiger charge is 2.01. The van der Waals surface area contributed by atoms with Crippen molar-refractivity contribution in [2.75, 3.05) is 18.9 Å². The van der Waals surface area contributed by atoms with Gasteiger partial charge in [-0.25, -0.2) is 4.39 Å². The van der Waals surface area contributed by atoms with Gasteiger partial charge >= 0.3 is 0 Å². The van der Waals surface area contributed by atoms with Gasteiger partial charge in [-0.05, 0) is 30.7 Å². The van der Waals surface area contributed by atoms with E-state index in [0.29, 0.717) is 25.1 Å². The fraction of sp³-hybridized carbons (Fsp3) is 0.417. The third kappa shape index (κ3) is 6.28. The first kappa shape index (κ1) is 14.0. The Balaban J connectivity index is 2.14. The van der Waals surface area contributed by atoms with Crippen molar-refractivity contribution in [1.29, 1.82) is 0 Å². The summed E-state index contributed by atoms with van der Waals surface area (Å²) in [4.78, 5) is 12.2. The van der Waals surface area contributed by atoms with Crippen molar-refractivity contribution in [2.24, 2.45) is 0 Å². The molecule has 0 saturated carbocycles. The van der Waals surface area contributed by atoms with Crippen LogP contribution in [0, 0.1) is 5.82 Å². The lowest BCUT2D eigenvalue weighted by Crippen LogP contribution is -2.25. The van der Waals surface area contributed by atoms with Gasteiger partial charge in [-0.2, -0.15) is 0 Å². The summed E-state index contributed by atoms with van der Waals surface area (Å²) in [5.41, 5.74) is 0. The van der Waals surface area contributed by atoms with Crippen LogP contribution in [0.5, 0.6) is 0 Å². The van der Waals surface area contributed by atoms with Crippen LogP contribution in [0.15, 0.2) is 29.2 Å². The zero-order chi connectivity index (χ0) is 12.5. The minimum Gasteiger partial charge on any atom is -0.396 e. The molecular formula is C12H16FNO2S. The van der Waals surface area contributed by atoms with Crippen LogP contribution in [-0.2, 0) is 4.79 Å². The van der Waals surface area contributed by atoms with Crippen LogP contribution in [-0.4, -0.2) is 29.9 Å². The van der Waals surface area contributed by atoms with Crippen molar-refractivity contribution in [3.63, 3.8) is 0 Å². The number of carbonyl (C=O) groups is 1. The maximum absolute atomic E-state index is 12.6. The fourth-order valence-corrected chi connectivity index (χ4v) is 2.04. The molecule has 17 heavy (non-hydrogen) atoms. The standard InChI is InChI=1S/C12H16FNO2S/c13-10-2-4-11(5-3-10)17-9-6-12(16)14-7-1-8-15/h2-5,15H,1,6-9H2,(H,14,16). The summed E-state index contributed by atoms with van der Waals surface area (Å²) < 4.78 is 12.6. The van der Waals surface area contributed by atoms with Gasteiger partial charge in [0.1, 0.15) is 5.82 Å². The van der Waals surface area contributed by atoms with E-state index in [1.54, 1.807) is 12.1 Å². The van der Waals surface area contributed by atoms with Crippen molar-refractivity contribution in [3.05, 3.63) is 30.1 Å². The van der Waals surface area contributed by atoms with E-state index in [1.165, 1.54) is 23.9 Å². The highest BCUT2D eigenvalue weighted by atomic mass is 32.2. The summed E-state index contributed by atoms with van der Waals surface area (Å²) >= 11 is 1.52. The zero-order valence-corrected chi connectivity index (χ0v) is 10.3. The quantitative estimate of drug-likeness (QED) is 0.578. The lowest BCUT2D eigenvalue weighted by Gasteiger charge is -2.04. The molecule has 0 spiro atoms. The van der Waals surface area contributed by atoms with Crippen LogP contribution >= 0.6 is 11.8 Å². The van der Waals surface area contributed by atoms with Crippen molar-refractivity contribution in [2.45, 2.75) is 17.7 Å². The van der Waals surface area contributed by atoms with Gasteiger partial charge in [0.15, 0.2) is 0 Å². The normalized spacial score (nSPS) is 10.2.